The van der Waals surface area contributed by atoms with Crippen LogP contribution in [0.15, 0.2) is 0 Å². The summed E-state index contributed by atoms with van der Waals surface area (Å²) in [5.41, 5.74) is 5.59. The van der Waals surface area contributed by atoms with Crippen LogP contribution in [0, 0.1) is 0 Å². The standard InChI is InChI=1S/C8H19NO5/c1-11-5-13-3-7(9)8(10)4-14-6-12-2/h7-8,10H,3-6,9H2,1-2H3. The fraction of sp³-hybridized carbons (Fsp3) is 1.00. The minimum absolute atomic E-state index is 0.130. The summed E-state index contributed by atoms with van der Waals surface area (Å²) in [4.78, 5) is 0. The van der Waals surface area contributed by atoms with Gasteiger partial charge in [-0.15, -0.1) is 0 Å². The molecule has 6 nitrogen and oxygen atoms in total. The summed E-state index contributed by atoms with van der Waals surface area (Å²) in [5, 5.41) is 9.42. The number of nitrogens with two attached hydrogens (primary N) is 1. The highest BCUT2D eigenvalue weighted by molar-refractivity contribution is 4.70. The third-order valence-corrected chi connectivity index (χ3v) is 1.50. The first-order chi connectivity index (χ1) is 6.72. The molecule has 0 aliphatic heterocycles. The van der Waals surface area contributed by atoms with Crippen molar-refractivity contribution >= 4 is 0 Å². The Bertz CT molecular complexity index is 110. The van der Waals surface area contributed by atoms with E-state index < -0.39 is 12.1 Å². The Balaban J connectivity index is 3.39. The van der Waals surface area contributed by atoms with Crippen molar-refractivity contribution in [1.29, 1.82) is 0 Å². The topological polar surface area (TPSA) is 83.2 Å². The summed E-state index contributed by atoms with van der Waals surface area (Å²) in [7, 11) is 3.03. The molecule has 6 heteroatoms. The van der Waals surface area contributed by atoms with Crippen LogP contribution in [0.5, 0.6) is 0 Å². The molecule has 0 aliphatic carbocycles. The molecule has 86 valence electrons. The molecule has 0 saturated carbocycles. The molecule has 0 aromatic carbocycles. The average Bonchev–Trinajstić information content (AvgIpc) is 2.18. The summed E-state index contributed by atoms with van der Waals surface area (Å²) in [5.74, 6) is 0. The van der Waals surface area contributed by atoms with Crippen molar-refractivity contribution in [3.8, 4) is 0 Å². The highest BCUT2D eigenvalue weighted by Gasteiger charge is 2.14. The number of rotatable bonds is 9. The van der Waals surface area contributed by atoms with Crippen LogP contribution in [0.25, 0.3) is 0 Å². The van der Waals surface area contributed by atoms with Crippen LogP contribution in [0.4, 0.5) is 0 Å². The third kappa shape index (κ3) is 7.19. The summed E-state index contributed by atoms with van der Waals surface area (Å²) >= 11 is 0. The smallest absolute Gasteiger partial charge is 0.146 e. The second-order valence-corrected chi connectivity index (χ2v) is 2.79. The quantitative estimate of drug-likeness (QED) is 0.371. The normalized spacial score (nSPS) is 15.4. The van der Waals surface area contributed by atoms with Crippen LogP contribution in [-0.4, -0.2) is 58.3 Å². The maximum atomic E-state index is 9.42. The molecular weight excluding hydrogens is 190 g/mol. The van der Waals surface area contributed by atoms with Crippen molar-refractivity contribution in [2.75, 3.05) is 41.0 Å². The van der Waals surface area contributed by atoms with Gasteiger partial charge < -0.3 is 29.8 Å². The number of aliphatic hydroxyl groups is 1. The predicted octanol–water partition coefficient (Wildman–Crippen LogP) is -1.08. The molecule has 3 N–H and O–H groups in total. The summed E-state index contributed by atoms with van der Waals surface area (Å²) < 4.78 is 19.2. The van der Waals surface area contributed by atoms with E-state index in [9.17, 15) is 5.11 Å². The van der Waals surface area contributed by atoms with E-state index in [0.717, 1.165) is 0 Å². The SMILES string of the molecule is COCOCC(N)C(O)COCOC. The Morgan fingerprint density at radius 2 is 1.57 bits per heavy atom. The number of ether oxygens (including phenoxy) is 4. The molecule has 2 atom stereocenters. The Hall–Kier alpha value is -0.240. The Kier molecular flexibility index (Phi) is 9.16. The zero-order valence-corrected chi connectivity index (χ0v) is 8.64. The molecule has 0 amide bonds. The predicted molar refractivity (Wildman–Crippen MR) is 49.6 cm³/mol. The van der Waals surface area contributed by atoms with E-state index in [-0.39, 0.29) is 26.8 Å². The fourth-order valence-corrected chi connectivity index (χ4v) is 0.754. The van der Waals surface area contributed by atoms with E-state index in [1.54, 1.807) is 0 Å². The highest BCUT2D eigenvalue weighted by atomic mass is 16.7. The maximum Gasteiger partial charge on any atom is 0.146 e. The lowest BCUT2D eigenvalue weighted by atomic mass is 10.2. The largest absolute Gasteiger partial charge is 0.389 e. The van der Waals surface area contributed by atoms with Crippen LogP contribution in [0.3, 0.4) is 0 Å². The van der Waals surface area contributed by atoms with Gasteiger partial charge in [-0.05, 0) is 0 Å². The molecule has 0 heterocycles. The number of methoxy groups -OCH3 is 2. The lowest BCUT2D eigenvalue weighted by Gasteiger charge is -2.18. The molecule has 0 spiro atoms. The number of hydrogen-bond acceptors (Lipinski definition) is 6. The molecule has 0 rings (SSSR count). The van der Waals surface area contributed by atoms with Gasteiger partial charge in [-0.2, -0.15) is 0 Å². The molecule has 0 bridgehead atoms. The molecule has 0 radical (unpaired) electrons. The van der Waals surface area contributed by atoms with E-state index >= 15 is 0 Å². The van der Waals surface area contributed by atoms with E-state index in [4.69, 9.17) is 15.2 Å². The van der Waals surface area contributed by atoms with E-state index in [2.05, 4.69) is 9.47 Å². The molecule has 0 saturated heterocycles. The van der Waals surface area contributed by atoms with Gasteiger partial charge in [0.15, 0.2) is 0 Å². The van der Waals surface area contributed by atoms with E-state index in [0.29, 0.717) is 0 Å². The lowest BCUT2D eigenvalue weighted by molar-refractivity contribution is -0.0822. The summed E-state index contributed by atoms with van der Waals surface area (Å²) in [6, 6.07) is -0.484. The van der Waals surface area contributed by atoms with Crippen molar-refractivity contribution in [3.63, 3.8) is 0 Å². The minimum atomic E-state index is -0.762. The molecule has 2 unspecified atom stereocenters. The van der Waals surface area contributed by atoms with Crippen LogP contribution < -0.4 is 5.73 Å². The fourth-order valence-electron chi connectivity index (χ4n) is 0.754. The number of aliphatic hydroxyl groups excluding tert-OH is 1. The average molecular weight is 209 g/mol. The van der Waals surface area contributed by atoms with Crippen molar-refractivity contribution < 1.29 is 24.1 Å². The van der Waals surface area contributed by atoms with Crippen molar-refractivity contribution in [2.45, 2.75) is 12.1 Å². The zero-order valence-electron chi connectivity index (χ0n) is 8.64. The maximum absolute atomic E-state index is 9.42. The van der Waals surface area contributed by atoms with Gasteiger partial charge in [0.1, 0.15) is 13.6 Å². The lowest BCUT2D eigenvalue weighted by Crippen LogP contribution is -2.41. The Morgan fingerprint density at radius 1 is 1.07 bits per heavy atom. The molecule has 0 aliphatic rings. The summed E-state index contributed by atoms with van der Waals surface area (Å²) in [6.45, 7) is 0.665. The van der Waals surface area contributed by atoms with E-state index in [1.165, 1.54) is 14.2 Å². The first kappa shape index (κ1) is 13.8. The van der Waals surface area contributed by atoms with Crippen molar-refractivity contribution in [3.05, 3.63) is 0 Å². The van der Waals surface area contributed by atoms with Crippen LogP contribution in [0.1, 0.15) is 0 Å². The Labute approximate surface area is 83.9 Å². The molecule has 14 heavy (non-hydrogen) atoms. The van der Waals surface area contributed by atoms with Gasteiger partial charge >= 0.3 is 0 Å². The molecule has 0 fully saturated rings. The van der Waals surface area contributed by atoms with Gasteiger partial charge in [0, 0.05) is 14.2 Å². The zero-order chi connectivity index (χ0) is 10.8. The van der Waals surface area contributed by atoms with Crippen molar-refractivity contribution in [1.82, 2.24) is 0 Å². The summed E-state index contributed by atoms with van der Waals surface area (Å²) in [6.07, 6.45) is -0.762. The third-order valence-electron chi connectivity index (χ3n) is 1.50. The first-order valence-corrected chi connectivity index (χ1v) is 4.29. The van der Waals surface area contributed by atoms with E-state index in [1.807, 2.05) is 0 Å². The minimum Gasteiger partial charge on any atom is -0.389 e. The second kappa shape index (κ2) is 9.32. The van der Waals surface area contributed by atoms with Gasteiger partial charge in [0.25, 0.3) is 0 Å². The highest BCUT2D eigenvalue weighted by Crippen LogP contribution is 1.93. The van der Waals surface area contributed by atoms with Gasteiger partial charge in [-0.1, -0.05) is 0 Å². The van der Waals surface area contributed by atoms with Gasteiger partial charge in [-0.25, -0.2) is 0 Å². The number of hydrogen-bond donors (Lipinski definition) is 2. The first-order valence-electron chi connectivity index (χ1n) is 4.29. The second-order valence-electron chi connectivity index (χ2n) is 2.79. The van der Waals surface area contributed by atoms with Gasteiger partial charge in [-0.3, -0.25) is 0 Å². The van der Waals surface area contributed by atoms with Crippen LogP contribution >= 0.6 is 0 Å². The van der Waals surface area contributed by atoms with Gasteiger partial charge in [0.2, 0.25) is 0 Å². The molecular formula is C8H19NO5. The Morgan fingerprint density at radius 3 is 2.07 bits per heavy atom. The van der Waals surface area contributed by atoms with Gasteiger partial charge in [0.05, 0.1) is 25.4 Å². The van der Waals surface area contributed by atoms with Crippen LogP contribution in [-0.2, 0) is 18.9 Å². The molecule has 0 aromatic rings. The van der Waals surface area contributed by atoms with Crippen LogP contribution in [0.2, 0.25) is 0 Å². The van der Waals surface area contributed by atoms with Crippen molar-refractivity contribution in [2.24, 2.45) is 5.73 Å². The molecule has 0 aromatic heterocycles. The monoisotopic (exact) mass is 209 g/mol.